The van der Waals surface area contributed by atoms with Crippen LogP contribution in [0.3, 0.4) is 0 Å². The molecule has 6 aromatic rings. The standard InChI is InChI=1S/C47H51N7O11/c1-46(2,3)40(34-16-12-13-17-35(34)54(57)58)65-45(56)64-39-38(61-8)36(63-43(39)53-28-48-37-41(53)50-44(51-42(37)55)49-27-52(4)5)26-62-47(29-14-10-9-11-15-29,30-18-22-32(59-6)23-19-30)31-20-24-33(60-7)25-21-31/h9-25,27-28,36,38-40,43H,26H2,1-8H3,(H,50,51,55)/b49-27+/t36-,38+,39?,40?,43-/m1/s1. The Morgan fingerprint density at radius 2 is 1.51 bits per heavy atom. The minimum Gasteiger partial charge on any atom is -0.497 e. The fraction of sp³-hybridized carbons (Fsp3) is 0.340. The molecule has 3 heterocycles. The molecule has 0 saturated carbocycles. The molecule has 65 heavy (non-hydrogen) atoms. The number of rotatable bonds is 16. The molecule has 0 bridgehead atoms. The van der Waals surface area contributed by atoms with E-state index in [1.807, 2.05) is 78.9 Å². The molecule has 2 unspecified atom stereocenters. The largest absolute Gasteiger partial charge is 0.509 e. The van der Waals surface area contributed by atoms with E-state index >= 15 is 0 Å². The number of ether oxygens (including phenoxy) is 7. The summed E-state index contributed by atoms with van der Waals surface area (Å²) in [5, 5.41) is 12.1. The fourth-order valence-electron chi connectivity index (χ4n) is 7.91. The van der Waals surface area contributed by atoms with Crippen LogP contribution in [0, 0.1) is 15.5 Å². The number of aromatic amines is 1. The highest BCUT2D eigenvalue weighted by molar-refractivity contribution is 5.71. The van der Waals surface area contributed by atoms with Crippen LogP contribution < -0.4 is 15.0 Å². The lowest BCUT2D eigenvalue weighted by Gasteiger charge is -2.37. The Labute approximate surface area is 374 Å². The zero-order chi connectivity index (χ0) is 46.5. The van der Waals surface area contributed by atoms with Gasteiger partial charge in [0.15, 0.2) is 23.5 Å². The number of carbonyl (C=O) groups excluding carboxylic acids is 1. The van der Waals surface area contributed by atoms with E-state index in [2.05, 4.69) is 19.9 Å². The van der Waals surface area contributed by atoms with Crippen molar-refractivity contribution in [3.05, 3.63) is 152 Å². The molecular weight excluding hydrogens is 839 g/mol. The Balaban J connectivity index is 1.32. The Morgan fingerprint density at radius 1 is 0.908 bits per heavy atom. The van der Waals surface area contributed by atoms with Crippen molar-refractivity contribution in [1.82, 2.24) is 24.4 Å². The topological polar surface area (TPSA) is 204 Å². The van der Waals surface area contributed by atoms with E-state index in [9.17, 15) is 19.7 Å². The summed E-state index contributed by atoms with van der Waals surface area (Å²) in [7, 11) is 8.15. The van der Waals surface area contributed by atoms with Crippen molar-refractivity contribution in [3.63, 3.8) is 0 Å². The van der Waals surface area contributed by atoms with E-state index < -0.39 is 58.3 Å². The summed E-state index contributed by atoms with van der Waals surface area (Å²) in [6, 6.07) is 30.8. The van der Waals surface area contributed by atoms with Gasteiger partial charge >= 0.3 is 6.16 Å². The molecule has 0 spiro atoms. The number of nitro groups is 1. The molecule has 0 amide bonds. The fourth-order valence-corrected chi connectivity index (χ4v) is 7.91. The van der Waals surface area contributed by atoms with Crippen LogP contribution in [0.15, 0.2) is 119 Å². The predicted octanol–water partition coefficient (Wildman–Crippen LogP) is 7.50. The highest BCUT2D eigenvalue weighted by Crippen LogP contribution is 2.45. The van der Waals surface area contributed by atoms with Gasteiger partial charge in [-0.2, -0.15) is 4.98 Å². The summed E-state index contributed by atoms with van der Waals surface area (Å²) in [6.45, 7) is 5.21. The molecule has 7 rings (SSSR count). The van der Waals surface area contributed by atoms with Crippen LogP contribution in [0.5, 0.6) is 11.5 Å². The highest BCUT2D eigenvalue weighted by atomic mass is 16.8. The van der Waals surface area contributed by atoms with E-state index in [0.29, 0.717) is 11.5 Å². The summed E-state index contributed by atoms with van der Waals surface area (Å²) < 4.78 is 44.8. The number of nitrogens with one attached hydrogen (secondary N) is 1. The van der Waals surface area contributed by atoms with Crippen LogP contribution >= 0.6 is 0 Å². The molecule has 0 aliphatic carbocycles. The van der Waals surface area contributed by atoms with Gasteiger partial charge in [0.05, 0.1) is 44.0 Å². The van der Waals surface area contributed by atoms with Crippen LogP contribution in [0.1, 0.15) is 55.4 Å². The monoisotopic (exact) mass is 889 g/mol. The number of benzene rings is 4. The Hall–Kier alpha value is -7.15. The number of aromatic nitrogens is 4. The molecule has 18 nitrogen and oxygen atoms in total. The first kappa shape index (κ1) is 45.9. The van der Waals surface area contributed by atoms with Crippen LogP contribution in [0.25, 0.3) is 11.2 Å². The Morgan fingerprint density at radius 3 is 2.08 bits per heavy atom. The number of methoxy groups -OCH3 is 3. The molecular formula is C47H51N7O11. The minimum atomic E-state index is -1.30. The van der Waals surface area contributed by atoms with Crippen molar-refractivity contribution in [2.24, 2.45) is 10.4 Å². The van der Waals surface area contributed by atoms with Gasteiger partial charge in [-0.3, -0.25) is 24.5 Å². The Bertz CT molecular complexity index is 2630. The predicted molar refractivity (Wildman–Crippen MR) is 240 cm³/mol. The maximum Gasteiger partial charge on any atom is 0.509 e. The molecule has 340 valence electrons. The zero-order valence-electron chi connectivity index (χ0n) is 37.2. The van der Waals surface area contributed by atoms with E-state index in [-0.39, 0.29) is 35.0 Å². The van der Waals surface area contributed by atoms with Gasteiger partial charge in [-0.15, -0.1) is 0 Å². The minimum absolute atomic E-state index is 0.0138. The third-order valence-electron chi connectivity index (χ3n) is 10.9. The molecule has 5 atom stereocenters. The van der Waals surface area contributed by atoms with Gasteiger partial charge < -0.3 is 38.1 Å². The van der Waals surface area contributed by atoms with Crippen molar-refractivity contribution in [2.75, 3.05) is 42.0 Å². The van der Waals surface area contributed by atoms with Crippen molar-refractivity contribution in [3.8, 4) is 11.5 Å². The second-order valence-corrected chi connectivity index (χ2v) is 16.5. The number of nitrogens with zero attached hydrogens (tertiary/aromatic N) is 6. The van der Waals surface area contributed by atoms with Crippen molar-refractivity contribution >= 4 is 35.3 Å². The van der Waals surface area contributed by atoms with Crippen LogP contribution in [0.4, 0.5) is 16.4 Å². The number of H-pyrrole nitrogens is 1. The average Bonchev–Trinajstić information content (AvgIpc) is 3.88. The van der Waals surface area contributed by atoms with Crippen LogP contribution in [-0.4, -0.2) is 102 Å². The summed E-state index contributed by atoms with van der Waals surface area (Å²) in [4.78, 5) is 56.6. The molecule has 2 aromatic heterocycles. The first-order valence-corrected chi connectivity index (χ1v) is 20.6. The zero-order valence-corrected chi connectivity index (χ0v) is 37.2. The molecule has 1 aliphatic rings. The number of hydrogen-bond acceptors (Lipinski definition) is 14. The summed E-state index contributed by atoms with van der Waals surface area (Å²) in [5.41, 5.74) is -0.361. The molecule has 1 fully saturated rings. The lowest BCUT2D eigenvalue weighted by Crippen LogP contribution is -2.42. The number of carbonyl (C=O) groups is 1. The first-order valence-electron chi connectivity index (χ1n) is 20.6. The molecule has 1 aliphatic heterocycles. The number of fused-ring (bicyclic) bond motifs is 1. The number of nitro benzene ring substituents is 1. The lowest BCUT2D eigenvalue weighted by atomic mass is 9.80. The van der Waals surface area contributed by atoms with Gasteiger partial charge in [0.2, 0.25) is 5.95 Å². The number of imidazole rings is 1. The molecule has 18 heteroatoms. The summed E-state index contributed by atoms with van der Waals surface area (Å²) in [5.74, 6) is 1.27. The third-order valence-corrected chi connectivity index (χ3v) is 10.9. The highest BCUT2D eigenvalue weighted by Gasteiger charge is 2.51. The molecule has 4 aromatic carbocycles. The molecule has 1 saturated heterocycles. The van der Waals surface area contributed by atoms with Gasteiger partial charge in [-0.05, 0) is 47.0 Å². The first-order chi connectivity index (χ1) is 31.2. The number of para-hydroxylation sites is 1. The summed E-state index contributed by atoms with van der Waals surface area (Å²) >= 11 is 0. The van der Waals surface area contributed by atoms with Crippen LogP contribution in [0.2, 0.25) is 0 Å². The quantitative estimate of drug-likeness (QED) is 0.0250. The smallest absolute Gasteiger partial charge is 0.497 e. The van der Waals surface area contributed by atoms with Crippen molar-refractivity contribution < 1.29 is 42.9 Å². The SMILES string of the molecule is COc1ccc(C(OC[C@H]2O[C@@H](n3cnc4c(=O)[nH]c(/N=C/N(C)C)nc43)C(OC(=O)OC(c3ccccc3[N+](=O)[O-])C(C)(C)C)[C@H]2OC)(c2ccccc2)c2ccc(OC)cc2)cc1. The van der Waals surface area contributed by atoms with Gasteiger partial charge in [-0.25, -0.2) is 14.8 Å². The molecule has 1 N–H and O–H groups in total. The molecule has 0 radical (unpaired) electrons. The van der Waals surface area contributed by atoms with Gasteiger partial charge in [0.25, 0.3) is 11.2 Å². The average molecular weight is 890 g/mol. The second kappa shape index (κ2) is 19.3. The summed E-state index contributed by atoms with van der Waals surface area (Å²) in [6.07, 6.45) is -4.01. The Kier molecular flexibility index (Phi) is 13.6. The van der Waals surface area contributed by atoms with E-state index in [1.165, 1.54) is 42.5 Å². The van der Waals surface area contributed by atoms with Crippen molar-refractivity contribution in [2.45, 2.75) is 57.0 Å². The van der Waals surface area contributed by atoms with Crippen LogP contribution in [-0.2, 0) is 29.3 Å². The second-order valence-electron chi connectivity index (χ2n) is 16.5. The normalized spacial score (nSPS) is 18.1. The van der Waals surface area contributed by atoms with E-state index in [0.717, 1.165) is 16.7 Å². The van der Waals surface area contributed by atoms with Gasteiger partial charge in [0, 0.05) is 32.7 Å². The van der Waals surface area contributed by atoms with Gasteiger partial charge in [0.1, 0.15) is 35.4 Å². The van der Waals surface area contributed by atoms with Crippen molar-refractivity contribution in [1.29, 1.82) is 0 Å². The van der Waals surface area contributed by atoms with E-state index in [4.69, 9.17) is 33.2 Å². The van der Waals surface area contributed by atoms with Gasteiger partial charge in [-0.1, -0.05) is 87.5 Å². The maximum absolute atomic E-state index is 14.2. The maximum atomic E-state index is 14.2. The third kappa shape index (κ3) is 9.55. The number of aliphatic imine (C=N–C) groups is 1. The number of hydrogen-bond donors (Lipinski definition) is 1. The van der Waals surface area contributed by atoms with E-state index in [1.54, 1.807) is 60.1 Å². The lowest BCUT2D eigenvalue weighted by molar-refractivity contribution is -0.386.